The van der Waals surface area contributed by atoms with Gasteiger partial charge in [-0.3, -0.25) is 0 Å². The van der Waals surface area contributed by atoms with Crippen LogP contribution in [0.15, 0.2) is 30.5 Å². The maximum Gasteiger partial charge on any atom is 0.321 e. The van der Waals surface area contributed by atoms with E-state index >= 15 is 0 Å². The Morgan fingerprint density at radius 1 is 1.40 bits per heavy atom. The molecule has 0 saturated carbocycles. The molecule has 2 aromatic rings. The molecule has 20 heavy (non-hydrogen) atoms. The number of nitrogens with one attached hydrogen (secondary N) is 1. The predicted molar refractivity (Wildman–Crippen MR) is 81.0 cm³/mol. The minimum Gasteiger partial charge on any atom is -0.395 e. The van der Waals surface area contributed by atoms with Crippen LogP contribution in [0.3, 0.4) is 0 Å². The second-order valence-corrected chi connectivity index (χ2v) is 4.86. The Balaban J connectivity index is 2.14. The summed E-state index contributed by atoms with van der Waals surface area (Å²) in [5.74, 6) is 0. The van der Waals surface area contributed by atoms with Crippen molar-refractivity contribution in [1.29, 1.82) is 0 Å². The van der Waals surface area contributed by atoms with Crippen molar-refractivity contribution < 1.29 is 9.90 Å². The molecule has 2 N–H and O–H groups in total. The standard InChI is InChI=1S/C15H21N3O2/c1-3-7-18-8-6-12-11-13(4-5-14(12)18)16-15(20)17(2)9-10-19/h4-6,8,11,19H,3,7,9-10H2,1-2H3,(H,16,20). The number of nitrogens with zero attached hydrogens (tertiary/aromatic N) is 2. The van der Waals surface area contributed by atoms with Gasteiger partial charge in [0.1, 0.15) is 0 Å². The Bertz CT molecular complexity index is 592. The molecular formula is C15H21N3O2. The second kappa shape index (κ2) is 6.43. The first-order valence-electron chi connectivity index (χ1n) is 6.87. The summed E-state index contributed by atoms with van der Waals surface area (Å²) in [6.45, 7) is 3.43. The molecule has 1 aromatic carbocycles. The molecule has 5 heteroatoms. The predicted octanol–water partition coefficient (Wildman–Crippen LogP) is 2.51. The first-order valence-corrected chi connectivity index (χ1v) is 6.87. The van der Waals surface area contributed by atoms with E-state index in [4.69, 9.17) is 5.11 Å². The lowest BCUT2D eigenvalue weighted by Gasteiger charge is -2.16. The maximum atomic E-state index is 11.8. The molecule has 0 aliphatic rings. The zero-order valence-electron chi connectivity index (χ0n) is 12.0. The van der Waals surface area contributed by atoms with Crippen molar-refractivity contribution in [2.75, 3.05) is 25.5 Å². The lowest BCUT2D eigenvalue weighted by molar-refractivity contribution is 0.202. The number of fused-ring (bicyclic) bond motifs is 1. The van der Waals surface area contributed by atoms with E-state index in [1.54, 1.807) is 7.05 Å². The number of rotatable bonds is 5. The minimum absolute atomic E-state index is 0.0389. The number of benzene rings is 1. The Labute approximate surface area is 118 Å². The highest BCUT2D eigenvalue weighted by Crippen LogP contribution is 2.21. The van der Waals surface area contributed by atoms with Crippen molar-refractivity contribution in [3.8, 4) is 0 Å². The van der Waals surface area contributed by atoms with Crippen molar-refractivity contribution >= 4 is 22.6 Å². The number of amides is 2. The van der Waals surface area contributed by atoms with E-state index in [0.717, 1.165) is 24.0 Å². The Hall–Kier alpha value is -2.01. The Kier molecular flexibility index (Phi) is 4.63. The molecule has 0 spiro atoms. The van der Waals surface area contributed by atoms with Crippen LogP contribution in [0, 0.1) is 0 Å². The lowest BCUT2D eigenvalue weighted by atomic mass is 10.2. The van der Waals surface area contributed by atoms with Gasteiger partial charge in [0.05, 0.1) is 6.61 Å². The number of likely N-dealkylation sites (N-methyl/N-ethyl adjacent to an activating group) is 1. The number of hydrogen-bond donors (Lipinski definition) is 2. The number of aliphatic hydroxyl groups excluding tert-OH is 1. The van der Waals surface area contributed by atoms with Crippen LogP contribution < -0.4 is 5.32 Å². The summed E-state index contributed by atoms with van der Waals surface area (Å²) in [5.41, 5.74) is 1.94. The van der Waals surface area contributed by atoms with Crippen molar-refractivity contribution in [2.45, 2.75) is 19.9 Å². The van der Waals surface area contributed by atoms with Crippen LogP contribution in [0.2, 0.25) is 0 Å². The largest absolute Gasteiger partial charge is 0.395 e. The number of carbonyl (C=O) groups excluding carboxylic acids is 1. The molecule has 0 unspecified atom stereocenters. The van der Waals surface area contributed by atoms with E-state index in [-0.39, 0.29) is 12.6 Å². The molecule has 0 fully saturated rings. The summed E-state index contributed by atoms with van der Waals surface area (Å²) in [7, 11) is 1.65. The van der Waals surface area contributed by atoms with E-state index in [2.05, 4.69) is 29.1 Å². The SMILES string of the molecule is CCCn1ccc2cc(NC(=O)N(C)CCO)ccc21. The molecule has 1 aromatic heterocycles. The van der Waals surface area contributed by atoms with Gasteiger partial charge in [-0.2, -0.15) is 0 Å². The summed E-state index contributed by atoms with van der Waals surface area (Å²) >= 11 is 0. The van der Waals surface area contributed by atoms with E-state index in [1.165, 1.54) is 10.4 Å². The molecular weight excluding hydrogens is 254 g/mol. The van der Waals surface area contributed by atoms with Gasteiger partial charge in [-0.1, -0.05) is 6.92 Å². The number of aliphatic hydroxyl groups is 1. The van der Waals surface area contributed by atoms with Crippen LogP contribution in [0.5, 0.6) is 0 Å². The number of aromatic nitrogens is 1. The number of hydrogen-bond acceptors (Lipinski definition) is 2. The molecule has 1 heterocycles. The van der Waals surface area contributed by atoms with Crippen LogP contribution in [0.4, 0.5) is 10.5 Å². The van der Waals surface area contributed by atoms with Gasteiger partial charge in [0.25, 0.3) is 0 Å². The summed E-state index contributed by atoms with van der Waals surface area (Å²) < 4.78 is 2.21. The molecule has 2 rings (SSSR count). The highest BCUT2D eigenvalue weighted by atomic mass is 16.3. The first kappa shape index (κ1) is 14.4. The zero-order valence-corrected chi connectivity index (χ0v) is 12.0. The summed E-state index contributed by atoms with van der Waals surface area (Å²) in [5, 5.41) is 12.8. The quantitative estimate of drug-likeness (QED) is 0.881. The van der Waals surface area contributed by atoms with Gasteiger partial charge in [-0.05, 0) is 30.7 Å². The van der Waals surface area contributed by atoms with E-state index < -0.39 is 0 Å². The fraction of sp³-hybridized carbons (Fsp3) is 0.400. The van der Waals surface area contributed by atoms with Gasteiger partial charge in [0.2, 0.25) is 0 Å². The average molecular weight is 275 g/mol. The smallest absolute Gasteiger partial charge is 0.321 e. The highest BCUT2D eigenvalue weighted by molar-refractivity contribution is 5.92. The van der Waals surface area contributed by atoms with Gasteiger partial charge in [0.15, 0.2) is 0 Å². The van der Waals surface area contributed by atoms with Crippen molar-refractivity contribution in [3.63, 3.8) is 0 Å². The van der Waals surface area contributed by atoms with Gasteiger partial charge < -0.3 is 19.9 Å². The van der Waals surface area contributed by atoms with Gasteiger partial charge in [-0.15, -0.1) is 0 Å². The molecule has 0 bridgehead atoms. The molecule has 108 valence electrons. The number of anilines is 1. The average Bonchev–Trinajstić information content (AvgIpc) is 2.82. The Morgan fingerprint density at radius 2 is 2.20 bits per heavy atom. The third kappa shape index (κ3) is 3.11. The summed E-state index contributed by atoms with van der Waals surface area (Å²) in [6, 6.07) is 7.72. The molecule has 0 aliphatic heterocycles. The first-order chi connectivity index (χ1) is 9.65. The topological polar surface area (TPSA) is 57.5 Å². The zero-order chi connectivity index (χ0) is 14.5. The molecule has 2 amide bonds. The van der Waals surface area contributed by atoms with Crippen molar-refractivity contribution in [2.24, 2.45) is 0 Å². The van der Waals surface area contributed by atoms with E-state index in [1.807, 2.05) is 18.2 Å². The third-order valence-corrected chi connectivity index (χ3v) is 3.27. The fourth-order valence-electron chi connectivity index (χ4n) is 2.18. The molecule has 0 saturated heterocycles. The van der Waals surface area contributed by atoms with E-state index in [9.17, 15) is 4.79 Å². The monoisotopic (exact) mass is 275 g/mol. The lowest BCUT2D eigenvalue weighted by Crippen LogP contribution is -2.33. The fourth-order valence-corrected chi connectivity index (χ4v) is 2.18. The summed E-state index contributed by atoms with van der Waals surface area (Å²) in [4.78, 5) is 13.3. The summed E-state index contributed by atoms with van der Waals surface area (Å²) in [6.07, 6.45) is 3.16. The van der Waals surface area contributed by atoms with Crippen LogP contribution in [0.25, 0.3) is 10.9 Å². The van der Waals surface area contributed by atoms with Gasteiger partial charge >= 0.3 is 6.03 Å². The van der Waals surface area contributed by atoms with Crippen LogP contribution in [-0.4, -0.2) is 40.8 Å². The van der Waals surface area contributed by atoms with E-state index in [0.29, 0.717) is 6.54 Å². The molecule has 0 aliphatic carbocycles. The maximum absolute atomic E-state index is 11.8. The molecule has 0 radical (unpaired) electrons. The molecule has 5 nitrogen and oxygen atoms in total. The second-order valence-electron chi connectivity index (χ2n) is 4.86. The van der Waals surface area contributed by atoms with Crippen LogP contribution in [0.1, 0.15) is 13.3 Å². The highest BCUT2D eigenvalue weighted by Gasteiger charge is 2.08. The number of urea groups is 1. The number of aryl methyl sites for hydroxylation is 1. The Morgan fingerprint density at radius 3 is 2.90 bits per heavy atom. The van der Waals surface area contributed by atoms with Gasteiger partial charge in [0, 0.05) is 42.9 Å². The number of carbonyl (C=O) groups is 1. The van der Waals surface area contributed by atoms with Gasteiger partial charge in [-0.25, -0.2) is 4.79 Å². The normalized spacial score (nSPS) is 10.8. The van der Waals surface area contributed by atoms with Crippen LogP contribution >= 0.6 is 0 Å². The van der Waals surface area contributed by atoms with Crippen LogP contribution in [-0.2, 0) is 6.54 Å². The minimum atomic E-state index is -0.216. The van der Waals surface area contributed by atoms with Crippen molar-refractivity contribution in [1.82, 2.24) is 9.47 Å². The van der Waals surface area contributed by atoms with Crippen molar-refractivity contribution in [3.05, 3.63) is 30.5 Å². The third-order valence-electron chi connectivity index (χ3n) is 3.27. The molecule has 0 atom stereocenters.